The fourth-order valence-electron chi connectivity index (χ4n) is 2.11. The number of fused-ring (bicyclic) bond motifs is 2. The number of rotatable bonds is 2. The van der Waals surface area contributed by atoms with Crippen molar-refractivity contribution in [3.8, 4) is 11.5 Å². The predicted octanol–water partition coefficient (Wildman–Crippen LogP) is 3.23. The molecule has 0 atom stereocenters. The lowest BCUT2D eigenvalue weighted by Gasteiger charge is -2.00. The van der Waals surface area contributed by atoms with Gasteiger partial charge in [0, 0.05) is 10.8 Å². The lowest BCUT2D eigenvalue weighted by atomic mass is 10.2. The maximum atomic E-state index is 9.01. The maximum Gasteiger partial charge on any atom is 0.120 e. The standard InChI is InChI=1S/C9H10N2O.C7H6N2O/c1-2-12-8-3-4-9-7(5-8)6-10-11-9;10-6-1-2-7-5(3-6)4-8-9-7/h3-6H,2H2,1H3,(H,10,11);1-4,10H,(H,8,9). The van der Waals surface area contributed by atoms with Crippen LogP contribution in [0.1, 0.15) is 6.92 Å². The Hall–Kier alpha value is -3.02. The second kappa shape index (κ2) is 6.17. The third-order valence-electron chi connectivity index (χ3n) is 3.15. The minimum absolute atomic E-state index is 0.272. The van der Waals surface area contributed by atoms with Gasteiger partial charge in [-0.15, -0.1) is 0 Å². The summed E-state index contributed by atoms with van der Waals surface area (Å²) in [6, 6.07) is 11.0. The molecule has 22 heavy (non-hydrogen) atoms. The average molecular weight is 296 g/mol. The number of ether oxygens (including phenoxy) is 1. The number of phenols is 1. The van der Waals surface area contributed by atoms with E-state index in [-0.39, 0.29) is 5.75 Å². The first-order valence-electron chi connectivity index (χ1n) is 6.94. The van der Waals surface area contributed by atoms with Crippen LogP contribution < -0.4 is 4.74 Å². The number of hydrogen-bond donors (Lipinski definition) is 3. The number of nitrogens with zero attached hydrogens (tertiary/aromatic N) is 2. The second-order valence-electron chi connectivity index (χ2n) is 4.69. The SMILES string of the molecule is CCOc1ccc2[nH]ncc2c1.Oc1ccc2[nH]ncc2c1. The molecule has 0 aliphatic carbocycles. The van der Waals surface area contributed by atoms with Crippen LogP contribution in [0.25, 0.3) is 21.8 Å². The molecule has 2 heterocycles. The number of phenolic OH excluding ortho intramolecular Hbond substituents is 1. The van der Waals surface area contributed by atoms with E-state index in [1.165, 1.54) is 0 Å². The van der Waals surface area contributed by atoms with Crippen LogP contribution in [0.15, 0.2) is 48.8 Å². The summed E-state index contributed by atoms with van der Waals surface area (Å²) in [5.41, 5.74) is 1.98. The van der Waals surface area contributed by atoms with Crippen molar-refractivity contribution in [1.82, 2.24) is 20.4 Å². The Labute approximate surface area is 126 Å². The molecule has 112 valence electrons. The van der Waals surface area contributed by atoms with Crippen LogP contribution in [0.4, 0.5) is 0 Å². The Bertz CT molecular complexity index is 882. The van der Waals surface area contributed by atoms with Crippen LogP contribution in [0.5, 0.6) is 11.5 Å². The summed E-state index contributed by atoms with van der Waals surface area (Å²) in [7, 11) is 0. The quantitative estimate of drug-likeness (QED) is 0.530. The zero-order valence-electron chi connectivity index (χ0n) is 12.1. The fourth-order valence-corrected chi connectivity index (χ4v) is 2.11. The Balaban J connectivity index is 0.000000133. The van der Waals surface area contributed by atoms with Gasteiger partial charge in [0.1, 0.15) is 11.5 Å². The monoisotopic (exact) mass is 296 g/mol. The minimum atomic E-state index is 0.272. The van der Waals surface area contributed by atoms with E-state index in [4.69, 9.17) is 9.84 Å². The summed E-state index contributed by atoms with van der Waals surface area (Å²) in [5.74, 6) is 1.17. The average Bonchev–Trinajstić information content (AvgIpc) is 3.15. The molecule has 0 saturated heterocycles. The number of hydrogen-bond acceptors (Lipinski definition) is 4. The molecule has 4 rings (SSSR count). The van der Waals surface area contributed by atoms with Gasteiger partial charge in [0.25, 0.3) is 0 Å². The number of H-pyrrole nitrogens is 2. The van der Waals surface area contributed by atoms with E-state index >= 15 is 0 Å². The van der Waals surface area contributed by atoms with Crippen molar-refractivity contribution < 1.29 is 9.84 Å². The van der Waals surface area contributed by atoms with Gasteiger partial charge in [-0.3, -0.25) is 10.2 Å². The van der Waals surface area contributed by atoms with Gasteiger partial charge >= 0.3 is 0 Å². The van der Waals surface area contributed by atoms with Crippen molar-refractivity contribution in [3.63, 3.8) is 0 Å². The van der Waals surface area contributed by atoms with Crippen molar-refractivity contribution in [2.24, 2.45) is 0 Å². The topological polar surface area (TPSA) is 86.8 Å². The highest BCUT2D eigenvalue weighted by Gasteiger charge is 1.97. The predicted molar refractivity (Wildman–Crippen MR) is 85.0 cm³/mol. The molecular weight excluding hydrogens is 280 g/mol. The first-order valence-corrected chi connectivity index (χ1v) is 6.94. The Morgan fingerprint density at radius 3 is 2.27 bits per heavy atom. The van der Waals surface area contributed by atoms with E-state index in [2.05, 4.69) is 20.4 Å². The Morgan fingerprint density at radius 2 is 1.59 bits per heavy atom. The summed E-state index contributed by atoms with van der Waals surface area (Å²) < 4.78 is 5.34. The van der Waals surface area contributed by atoms with E-state index in [9.17, 15) is 0 Å². The van der Waals surface area contributed by atoms with E-state index in [1.54, 1.807) is 30.6 Å². The molecule has 2 aromatic carbocycles. The Kier molecular flexibility index (Phi) is 3.91. The van der Waals surface area contributed by atoms with Crippen LogP contribution in [0, 0.1) is 0 Å². The zero-order valence-corrected chi connectivity index (χ0v) is 12.1. The summed E-state index contributed by atoms with van der Waals surface area (Å²) in [6.07, 6.45) is 3.47. The van der Waals surface area contributed by atoms with E-state index < -0.39 is 0 Å². The highest BCUT2D eigenvalue weighted by atomic mass is 16.5. The summed E-state index contributed by atoms with van der Waals surface area (Å²) in [6.45, 7) is 2.67. The molecule has 0 saturated carbocycles. The van der Waals surface area contributed by atoms with Gasteiger partial charge in [0.15, 0.2) is 0 Å². The molecule has 0 spiro atoms. The van der Waals surface area contributed by atoms with Crippen molar-refractivity contribution in [1.29, 1.82) is 0 Å². The largest absolute Gasteiger partial charge is 0.508 e. The molecule has 6 heteroatoms. The molecule has 4 aromatic rings. The molecule has 6 nitrogen and oxygen atoms in total. The van der Waals surface area contributed by atoms with Crippen LogP contribution in [0.3, 0.4) is 0 Å². The van der Waals surface area contributed by atoms with Crippen LogP contribution in [0.2, 0.25) is 0 Å². The van der Waals surface area contributed by atoms with Crippen LogP contribution in [-0.2, 0) is 0 Å². The normalized spacial score (nSPS) is 10.4. The molecule has 0 radical (unpaired) electrons. The Morgan fingerprint density at radius 1 is 0.955 bits per heavy atom. The van der Waals surface area contributed by atoms with Gasteiger partial charge in [-0.05, 0) is 43.3 Å². The van der Waals surface area contributed by atoms with Gasteiger partial charge < -0.3 is 9.84 Å². The number of aromatic hydroxyl groups is 1. The van der Waals surface area contributed by atoms with E-state index in [1.807, 2.05) is 25.1 Å². The minimum Gasteiger partial charge on any atom is -0.508 e. The summed E-state index contributed by atoms with van der Waals surface area (Å²) >= 11 is 0. The molecular formula is C16H16N4O2. The van der Waals surface area contributed by atoms with Gasteiger partial charge in [-0.2, -0.15) is 10.2 Å². The molecule has 3 N–H and O–H groups in total. The number of aromatic amines is 2. The molecule has 0 unspecified atom stereocenters. The third-order valence-corrected chi connectivity index (χ3v) is 3.15. The molecule has 0 fully saturated rings. The first-order chi connectivity index (χ1) is 10.8. The van der Waals surface area contributed by atoms with Crippen LogP contribution >= 0.6 is 0 Å². The van der Waals surface area contributed by atoms with Crippen molar-refractivity contribution in [3.05, 3.63) is 48.8 Å². The third kappa shape index (κ3) is 3.01. The highest BCUT2D eigenvalue weighted by Crippen LogP contribution is 2.18. The van der Waals surface area contributed by atoms with Gasteiger partial charge in [-0.1, -0.05) is 0 Å². The highest BCUT2D eigenvalue weighted by molar-refractivity contribution is 5.79. The van der Waals surface area contributed by atoms with Crippen molar-refractivity contribution in [2.75, 3.05) is 6.61 Å². The lowest BCUT2D eigenvalue weighted by Crippen LogP contribution is -1.90. The van der Waals surface area contributed by atoms with Crippen LogP contribution in [-0.4, -0.2) is 32.1 Å². The molecule has 2 aromatic heterocycles. The van der Waals surface area contributed by atoms with Gasteiger partial charge in [0.2, 0.25) is 0 Å². The first kappa shape index (κ1) is 13.9. The van der Waals surface area contributed by atoms with E-state index in [0.717, 1.165) is 27.6 Å². The lowest BCUT2D eigenvalue weighted by molar-refractivity contribution is 0.341. The number of nitrogens with one attached hydrogen (secondary N) is 2. The fraction of sp³-hybridized carbons (Fsp3) is 0.125. The number of benzene rings is 2. The summed E-state index contributed by atoms with van der Waals surface area (Å²) in [4.78, 5) is 0. The zero-order chi connectivity index (χ0) is 15.4. The molecule has 0 aliphatic heterocycles. The van der Waals surface area contributed by atoms with Gasteiger partial charge in [0.05, 0.1) is 30.0 Å². The van der Waals surface area contributed by atoms with Crippen molar-refractivity contribution in [2.45, 2.75) is 6.92 Å². The van der Waals surface area contributed by atoms with Crippen molar-refractivity contribution >= 4 is 21.8 Å². The number of aromatic nitrogens is 4. The summed E-state index contributed by atoms with van der Waals surface area (Å²) in [5, 5.41) is 24.4. The molecule has 0 aliphatic rings. The molecule has 0 amide bonds. The van der Waals surface area contributed by atoms with Gasteiger partial charge in [-0.25, -0.2) is 0 Å². The molecule has 0 bridgehead atoms. The van der Waals surface area contributed by atoms with E-state index in [0.29, 0.717) is 6.61 Å². The smallest absolute Gasteiger partial charge is 0.120 e. The second-order valence-corrected chi connectivity index (χ2v) is 4.69. The maximum absolute atomic E-state index is 9.01.